The second-order valence-electron chi connectivity index (χ2n) is 6.88. The van der Waals surface area contributed by atoms with E-state index in [-0.39, 0.29) is 18.4 Å². The van der Waals surface area contributed by atoms with Crippen LogP contribution >= 0.6 is 0 Å². The molecule has 9 heteroatoms. The highest BCUT2D eigenvalue weighted by atomic mass is 32.2. The number of ether oxygens (including phenoxy) is 2. The van der Waals surface area contributed by atoms with Crippen LogP contribution in [0.15, 0.2) is 4.99 Å². The zero-order valence-corrected chi connectivity index (χ0v) is 17.2. The van der Waals surface area contributed by atoms with Gasteiger partial charge in [0.05, 0.1) is 18.5 Å². The van der Waals surface area contributed by atoms with Crippen LogP contribution in [0.1, 0.15) is 39.5 Å². The predicted octanol–water partition coefficient (Wildman–Crippen LogP) is 0.703. The van der Waals surface area contributed by atoms with Gasteiger partial charge in [-0.15, -0.1) is 0 Å². The number of aliphatic imine (C=N–C) groups is 1. The maximum atomic E-state index is 12.0. The molecule has 3 N–H and O–H groups in total. The first-order valence-corrected chi connectivity index (χ1v) is 11.2. The van der Waals surface area contributed by atoms with Gasteiger partial charge in [-0.2, -0.15) is 0 Å². The smallest absolute Gasteiger partial charge is 0.213 e. The number of hydrogen-bond acceptors (Lipinski definition) is 5. The third-order valence-electron chi connectivity index (χ3n) is 4.07. The van der Waals surface area contributed by atoms with E-state index < -0.39 is 10.0 Å². The average Bonchev–Trinajstić information content (AvgIpc) is 2.62. The molecule has 0 spiro atoms. The molecule has 1 heterocycles. The quantitative estimate of drug-likeness (QED) is 0.257. The molecule has 0 saturated carbocycles. The van der Waals surface area contributed by atoms with Crippen molar-refractivity contribution in [1.82, 2.24) is 15.4 Å². The van der Waals surface area contributed by atoms with Gasteiger partial charge < -0.3 is 20.1 Å². The first-order valence-electron chi connectivity index (χ1n) is 9.54. The van der Waals surface area contributed by atoms with Gasteiger partial charge in [0.25, 0.3) is 0 Å². The van der Waals surface area contributed by atoms with Crippen molar-refractivity contribution in [2.45, 2.75) is 45.6 Å². The van der Waals surface area contributed by atoms with Crippen molar-refractivity contribution in [2.24, 2.45) is 10.9 Å². The number of guanidine groups is 1. The highest BCUT2D eigenvalue weighted by Gasteiger charge is 2.17. The Labute approximate surface area is 158 Å². The lowest BCUT2D eigenvalue weighted by Gasteiger charge is -2.22. The number of sulfonamides is 1. The van der Waals surface area contributed by atoms with E-state index in [4.69, 9.17) is 9.47 Å². The van der Waals surface area contributed by atoms with Crippen LogP contribution in [0.2, 0.25) is 0 Å². The zero-order chi connectivity index (χ0) is 19.3. The number of hydrogen-bond donors (Lipinski definition) is 3. The number of rotatable bonds is 12. The van der Waals surface area contributed by atoms with Crippen molar-refractivity contribution >= 4 is 16.0 Å². The molecule has 0 aromatic heterocycles. The summed E-state index contributed by atoms with van der Waals surface area (Å²) in [5, 5.41) is 6.11. The van der Waals surface area contributed by atoms with Crippen molar-refractivity contribution in [1.29, 1.82) is 0 Å². The summed E-state index contributed by atoms with van der Waals surface area (Å²) < 4.78 is 37.8. The normalized spacial score (nSPS) is 18.9. The van der Waals surface area contributed by atoms with E-state index in [1.807, 2.05) is 0 Å². The summed E-state index contributed by atoms with van der Waals surface area (Å²) in [6.07, 6.45) is 4.11. The molecule has 8 nitrogen and oxygen atoms in total. The van der Waals surface area contributed by atoms with Crippen LogP contribution in [0, 0.1) is 5.92 Å². The van der Waals surface area contributed by atoms with Crippen molar-refractivity contribution in [2.75, 3.05) is 52.3 Å². The van der Waals surface area contributed by atoms with Crippen LogP contribution in [0.4, 0.5) is 0 Å². The van der Waals surface area contributed by atoms with Gasteiger partial charge in [-0.05, 0) is 31.6 Å². The van der Waals surface area contributed by atoms with Gasteiger partial charge in [-0.25, -0.2) is 13.1 Å². The van der Waals surface area contributed by atoms with Crippen molar-refractivity contribution in [3.05, 3.63) is 0 Å². The third-order valence-corrected chi connectivity index (χ3v) is 5.42. The molecule has 0 radical (unpaired) electrons. The molecule has 0 bridgehead atoms. The maximum Gasteiger partial charge on any atom is 0.213 e. The van der Waals surface area contributed by atoms with Gasteiger partial charge in [0.1, 0.15) is 0 Å². The highest BCUT2D eigenvalue weighted by molar-refractivity contribution is 7.89. The fourth-order valence-corrected chi connectivity index (χ4v) is 3.40. The van der Waals surface area contributed by atoms with Gasteiger partial charge in [0, 0.05) is 39.9 Å². The molecule has 26 heavy (non-hydrogen) atoms. The Kier molecular flexibility index (Phi) is 11.8. The Morgan fingerprint density at radius 3 is 2.65 bits per heavy atom. The van der Waals surface area contributed by atoms with Gasteiger partial charge >= 0.3 is 0 Å². The predicted molar refractivity (Wildman–Crippen MR) is 105 cm³/mol. The van der Waals surface area contributed by atoms with E-state index in [0.717, 1.165) is 38.9 Å². The van der Waals surface area contributed by atoms with Crippen LogP contribution in [0.5, 0.6) is 0 Å². The lowest BCUT2D eigenvalue weighted by Crippen LogP contribution is -2.43. The molecule has 1 unspecified atom stereocenters. The van der Waals surface area contributed by atoms with Crippen molar-refractivity contribution in [3.63, 3.8) is 0 Å². The second kappa shape index (κ2) is 13.3. The molecule has 154 valence electrons. The number of nitrogens with one attached hydrogen (secondary N) is 3. The summed E-state index contributed by atoms with van der Waals surface area (Å²) in [4.78, 5) is 4.08. The second-order valence-corrected chi connectivity index (χ2v) is 8.80. The monoisotopic (exact) mass is 392 g/mol. The lowest BCUT2D eigenvalue weighted by atomic mass is 10.1. The van der Waals surface area contributed by atoms with Crippen LogP contribution in [-0.2, 0) is 19.5 Å². The molecule has 1 aliphatic heterocycles. The van der Waals surface area contributed by atoms with Crippen LogP contribution in [0.25, 0.3) is 0 Å². The summed E-state index contributed by atoms with van der Waals surface area (Å²) in [5.41, 5.74) is 0. The molecular formula is C17H36N4O4S. The minimum absolute atomic E-state index is 0.00314. The fourth-order valence-electron chi connectivity index (χ4n) is 2.45. The topological polar surface area (TPSA) is 101 Å². The van der Waals surface area contributed by atoms with Gasteiger partial charge in [-0.3, -0.25) is 4.99 Å². The van der Waals surface area contributed by atoms with Crippen LogP contribution in [0.3, 0.4) is 0 Å². The van der Waals surface area contributed by atoms with E-state index in [2.05, 4.69) is 34.2 Å². The summed E-state index contributed by atoms with van der Waals surface area (Å²) in [6, 6.07) is 0. The summed E-state index contributed by atoms with van der Waals surface area (Å²) in [6.45, 7) is 7.66. The minimum atomic E-state index is -3.33. The highest BCUT2D eigenvalue weighted by Crippen LogP contribution is 2.11. The molecule has 1 rings (SSSR count). The van der Waals surface area contributed by atoms with E-state index in [0.29, 0.717) is 31.6 Å². The molecule has 1 atom stereocenters. The average molecular weight is 393 g/mol. The van der Waals surface area contributed by atoms with Crippen molar-refractivity contribution < 1.29 is 17.9 Å². The van der Waals surface area contributed by atoms with Crippen molar-refractivity contribution in [3.8, 4) is 0 Å². The van der Waals surface area contributed by atoms with E-state index in [9.17, 15) is 8.42 Å². The molecule has 0 aliphatic carbocycles. The van der Waals surface area contributed by atoms with E-state index in [1.54, 1.807) is 7.05 Å². The van der Waals surface area contributed by atoms with Gasteiger partial charge in [0.2, 0.25) is 10.0 Å². The molecule has 0 aromatic carbocycles. The Balaban J connectivity index is 2.12. The van der Waals surface area contributed by atoms with Gasteiger partial charge in [0.15, 0.2) is 5.96 Å². The van der Waals surface area contributed by atoms with E-state index in [1.165, 1.54) is 0 Å². The standard InChI is InChI=1S/C17H36N4O4S/c1-15(2)7-11-24-12-8-19-17(18-3)20-9-13-26(22,23)21-14-16-6-4-5-10-25-16/h15-16,21H,4-14H2,1-3H3,(H2,18,19,20). The van der Waals surface area contributed by atoms with Crippen LogP contribution in [-0.4, -0.2) is 72.7 Å². The molecule has 1 aliphatic rings. The zero-order valence-electron chi connectivity index (χ0n) is 16.4. The summed E-state index contributed by atoms with van der Waals surface area (Å²) in [7, 11) is -1.67. The summed E-state index contributed by atoms with van der Waals surface area (Å²) in [5.74, 6) is 1.20. The minimum Gasteiger partial charge on any atom is -0.380 e. The molecule has 1 saturated heterocycles. The molecule has 0 aromatic rings. The Morgan fingerprint density at radius 2 is 2.00 bits per heavy atom. The first kappa shape index (κ1) is 23.1. The molecular weight excluding hydrogens is 356 g/mol. The largest absolute Gasteiger partial charge is 0.380 e. The van der Waals surface area contributed by atoms with Gasteiger partial charge in [-0.1, -0.05) is 13.8 Å². The summed E-state index contributed by atoms with van der Waals surface area (Å²) >= 11 is 0. The SMILES string of the molecule is CN=C(NCCOCCC(C)C)NCCS(=O)(=O)NCC1CCCCO1. The first-order chi connectivity index (χ1) is 12.4. The maximum absolute atomic E-state index is 12.0. The lowest BCUT2D eigenvalue weighted by molar-refractivity contribution is 0.0200. The number of nitrogens with zero attached hydrogens (tertiary/aromatic N) is 1. The Morgan fingerprint density at radius 1 is 1.23 bits per heavy atom. The fraction of sp³-hybridized carbons (Fsp3) is 0.941. The van der Waals surface area contributed by atoms with Crippen LogP contribution < -0.4 is 15.4 Å². The Hall–Kier alpha value is -0.900. The molecule has 0 amide bonds. The van der Waals surface area contributed by atoms with E-state index >= 15 is 0 Å². The molecule has 1 fully saturated rings. The third kappa shape index (κ3) is 11.7. The Bertz CT molecular complexity index is 491.